The van der Waals surface area contributed by atoms with Gasteiger partial charge in [-0.25, -0.2) is 4.39 Å². The van der Waals surface area contributed by atoms with Crippen LogP contribution in [0.5, 0.6) is 11.5 Å². The van der Waals surface area contributed by atoms with Crippen LogP contribution in [-0.4, -0.2) is 43.3 Å². The van der Waals surface area contributed by atoms with Crippen LogP contribution in [0.25, 0.3) is 0 Å². The first-order valence-corrected chi connectivity index (χ1v) is 13.9. The lowest BCUT2D eigenvalue weighted by Gasteiger charge is -2.44. The fraction of sp³-hybridized carbons (Fsp3) is 0.438. The smallest absolute Gasteiger partial charge is 0.161 e. The number of halogens is 1. The number of nitrogens with zero attached hydrogens (tertiary/aromatic N) is 1. The van der Waals surface area contributed by atoms with Crippen molar-refractivity contribution in [3.05, 3.63) is 81.9 Å². The van der Waals surface area contributed by atoms with Gasteiger partial charge in [0.2, 0.25) is 0 Å². The van der Waals surface area contributed by atoms with E-state index in [9.17, 15) is 14.0 Å². The van der Waals surface area contributed by atoms with Crippen LogP contribution < -0.4 is 9.47 Å². The van der Waals surface area contributed by atoms with Crippen molar-refractivity contribution in [3.8, 4) is 11.5 Å². The van der Waals surface area contributed by atoms with Crippen LogP contribution >= 0.6 is 0 Å². The Morgan fingerprint density at radius 2 is 1.62 bits per heavy atom. The third-order valence-electron chi connectivity index (χ3n) is 7.70. The summed E-state index contributed by atoms with van der Waals surface area (Å²) < 4.78 is 30.9. The Morgan fingerprint density at radius 1 is 0.897 bits per heavy atom. The number of Topliss-reactive ketones (excluding diaryl/α,β-unsaturated/α-hetero) is 2. The molecule has 0 aromatic heterocycles. The molecular formula is C32H36FNO5. The topological polar surface area (TPSA) is 65.1 Å². The minimum absolute atomic E-state index is 0.118. The van der Waals surface area contributed by atoms with Gasteiger partial charge in [0.05, 0.1) is 6.61 Å². The highest BCUT2D eigenvalue weighted by Crippen LogP contribution is 2.50. The van der Waals surface area contributed by atoms with Crippen LogP contribution in [0, 0.1) is 5.82 Å². The van der Waals surface area contributed by atoms with Crippen LogP contribution in [0.3, 0.4) is 0 Å². The first kappa shape index (κ1) is 27.1. The molecule has 2 aromatic rings. The molecule has 0 N–H and O–H groups in total. The summed E-state index contributed by atoms with van der Waals surface area (Å²) in [6.07, 6.45) is 5.09. The summed E-state index contributed by atoms with van der Waals surface area (Å²) in [5.74, 6) is 0.595. The molecule has 2 aromatic carbocycles. The van der Waals surface area contributed by atoms with Crippen LogP contribution in [-0.2, 0) is 20.9 Å². The maximum absolute atomic E-state index is 13.6. The summed E-state index contributed by atoms with van der Waals surface area (Å²) in [5, 5.41) is 0. The molecule has 0 saturated carbocycles. The lowest BCUT2D eigenvalue weighted by molar-refractivity contribution is -0.117. The Hall–Kier alpha value is -3.45. The van der Waals surface area contributed by atoms with Crippen molar-refractivity contribution < 1.29 is 28.2 Å². The number of carbonyl (C=O) groups is 2. The molecule has 206 valence electrons. The number of benzene rings is 2. The lowest BCUT2D eigenvalue weighted by atomic mass is 9.71. The highest BCUT2D eigenvalue weighted by atomic mass is 19.1. The number of rotatable bonds is 10. The van der Waals surface area contributed by atoms with Crippen LogP contribution in [0.1, 0.15) is 68.9 Å². The molecule has 1 aliphatic heterocycles. The maximum Gasteiger partial charge on any atom is 0.161 e. The van der Waals surface area contributed by atoms with E-state index in [4.69, 9.17) is 14.2 Å². The maximum atomic E-state index is 13.6. The molecule has 0 radical (unpaired) electrons. The van der Waals surface area contributed by atoms with E-state index in [1.165, 1.54) is 12.1 Å². The predicted molar refractivity (Wildman–Crippen MR) is 146 cm³/mol. The van der Waals surface area contributed by atoms with Crippen molar-refractivity contribution in [3.63, 3.8) is 0 Å². The number of carbonyl (C=O) groups excluding carboxylic acids is 2. The lowest BCUT2D eigenvalue weighted by Crippen LogP contribution is -2.39. The molecule has 0 unspecified atom stereocenters. The van der Waals surface area contributed by atoms with Crippen molar-refractivity contribution in [2.75, 3.05) is 26.9 Å². The summed E-state index contributed by atoms with van der Waals surface area (Å²) in [6.45, 7) is 3.88. The van der Waals surface area contributed by atoms with Gasteiger partial charge in [0, 0.05) is 61.6 Å². The molecule has 1 heterocycles. The van der Waals surface area contributed by atoms with Crippen molar-refractivity contribution in [2.45, 2.75) is 64.4 Å². The number of ether oxygens (including phenoxy) is 3. The Kier molecular flexibility index (Phi) is 8.46. The molecule has 3 aliphatic rings. The number of methoxy groups -OCH3 is 1. The third-order valence-corrected chi connectivity index (χ3v) is 7.70. The molecular weight excluding hydrogens is 497 g/mol. The van der Waals surface area contributed by atoms with E-state index in [2.05, 4.69) is 4.90 Å². The van der Waals surface area contributed by atoms with Gasteiger partial charge < -0.3 is 19.1 Å². The second kappa shape index (κ2) is 12.2. The average Bonchev–Trinajstić information content (AvgIpc) is 2.93. The van der Waals surface area contributed by atoms with E-state index < -0.39 is 5.92 Å². The number of allylic oxidation sites excluding steroid dienone is 4. The molecule has 6 nitrogen and oxygen atoms in total. The fourth-order valence-corrected chi connectivity index (χ4v) is 6.07. The van der Waals surface area contributed by atoms with E-state index in [0.29, 0.717) is 43.1 Å². The molecule has 0 spiro atoms. The first-order chi connectivity index (χ1) is 19.0. The van der Waals surface area contributed by atoms with Gasteiger partial charge in [-0.2, -0.15) is 0 Å². The molecule has 0 bridgehead atoms. The second-order valence-electron chi connectivity index (χ2n) is 10.3. The average molecular weight is 534 g/mol. The van der Waals surface area contributed by atoms with Gasteiger partial charge in [0.15, 0.2) is 23.1 Å². The summed E-state index contributed by atoms with van der Waals surface area (Å²) in [6, 6.07) is 12.0. The van der Waals surface area contributed by atoms with Crippen molar-refractivity contribution in [1.82, 2.24) is 4.90 Å². The SMILES string of the molecule is CCOc1cc(C2C3=C(CCCC3=O)N(CCCOC)C3=C2C(=O)CCC3)ccc1OCc1cccc(F)c1. The molecule has 0 saturated heterocycles. The first-order valence-electron chi connectivity index (χ1n) is 13.9. The van der Waals surface area contributed by atoms with Crippen molar-refractivity contribution >= 4 is 11.6 Å². The minimum Gasteiger partial charge on any atom is -0.490 e. The normalized spacial score (nSPS) is 17.9. The molecule has 0 fully saturated rings. The van der Waals surface area contributed by atoms with Gasteiger partial charge in [-0.1, -0.05) is 18.2 Å². The summed E-state index contributed by atoms with van der Waals surface area (Å²) in [4.78, 5) is 29.3. The highest BCUT2D eigenvalue weighted by Gasteiger charge is 2.43. The van der Waals surface area contributed by atoms with Gasteiger partial charge in [-0.15, -0.1) is 0 Å². The molecule has 0 amide bonds. The standard InChI is InChI=1S/C32H36FNO5/c1-3-38-29-19-22(14-15-28(29)39-20-21-8-4-9-23(33)18-21)30-31-24(10-5-12-26(31)35)34(16-7-17-37-2)25-11-6-13-27(36)32(25)30/h4,8-9,14-15,18-19,30H,3,5-7,10-13,16-17,20H2,1-2H3. The Labute approximate surface area is 229 Å². The summed E-state index contributed by atoms with van der Waals surface area (Å²) in [7, 11) is 1.69. The Morgan fingerprint density at radius 3 is 2.26 bits per heavy atom. The molecule has 5 rings (SSSR count). The molecule has 0 atom stereocenters. The van der Waals surface area contributed by atoms with E-state index in [1.807, 2.05) is 31.2 Å². The van der Waals surface area contributed by atoms with Crippen LogP contribution in [0.2, 0.25) is 0 Å². The Balaban J connectivity index is 1.55. The fourth-order valence-electron chi connectivity index (χ4n) is 6.07. The molecule has 2 aliphatic carbocycles. The zero-order valence-electron chi connectivity index (χ0n) is 22.8. The predicted octanol–water partition coefficient (Wildman–Crippen LogP) is 6.25. The van der Waals surface area contributed by atoms with Gasteiger partial charge in [-0.05, 0) is 74.4 Å². The van der Waals surface area contributed by atoms with E-state index >= 15 is 0 Å². The number of hydrogen-bond acceptors (Lipinski definition) is 6. The highest BCUT2D eigenvalue weighted by molar-refractivity contribution is 6.06. The monoisotopic (exact) mass is 533 g/mol. The minimum atomic E-state index is -0.411. The van der Waals surface area contributed by atoms with Crippen LogP contribution in [0.15, 0.2) is 65.0 Å². The van der Waals surface area contributed by atoms with Gasteiger partial charge >= 0.3 is 0 Å². The van der Waals surface area contributed by atoms with Crippen LogP contribution in [0.4, 0.5) is 4.39 Å². The quantitative estimate of drug-likeness (QED) is 0.336. The second-order valence-corrected chi connectivity index (χ2v) is 10.3. The zero-order chi connectivity index (χ0) is 27.4. The zero-order valence-corrected chi connectivity index (χ0v) is 22.8. The van der Waals surface area contributed by atoms with E-state index in [0.717, 1.165) is 66.8 Å². The summed E-state index contributed by atoms with van der Waals surface area (Å²) >= 11 is 0. The number of ketones is 2. The molecule has 7 heteroatoms. The number of hydrogen-bond donors (Lipinski definition) is 0. The van der Waals surface area contributed by atoms with E-state index in [-0.39, 0.29) is 24.0 Å². The molecule has 39 heavy (non-hydrogen) atoms. The van der Waals surface area contributed by atoms with Crippen molar-refractivity contribution in [1.29, 1.82) is 0 Å². The van der Waals surface area contributed by atoms with Gasteiger partial charge in [0.25, 0.3) is 0 Å². The van der Waals surface area contributed by atoms with E-state index in [1.54, 1.807) is 13.2 Å². The van der Waals surface area contributed by atoms with Gasteiger partial charge in [0.1, 0.15) is 12.4 Å². The van der Waals surface area contributed by atoms with Crippen molar-refractivity contribution in [2.24, 2.45) is 0 Å². The third kappa shape index (κ3) is 5.64. The van der Waals surface area contributed by atoms with Gasteiger partial charge in [-0.3, -0.25) is 9.59 Å². The largest absolute Gasteiger partial charge is 0.490 e. The summed E-state index contributed by atoms with van der Waals surface area (Å²) in [5.41, 5.74) is 5.20. The Bertz CT molecular complexity index is 1270.